The fourth-order valence-corrected chi connectivity index (χ4v) is 0.873. The first-order valence-electron chi connectivity index (χ1n) is 4.54. The van der Waals surface area contributed by atoms with Gasteiger partial charge in [-0.25, -0.2) is 9.78 Å². The Morgan fingerprint density at radius 1 is 1.47 bits per heavy atom. The molecule has 0 fully saturated rings. The van der Waals surface area contributed by atoms with E-state index in [1.54, 1.807) is 0 Å². The van der Waals surface area contributed by atoms with Gasteiger partial charge in [-0.1, -0.05) is 0 Å². The number of rotatable bonds is 1. The van der Waals surface area contributed by atoms with E-state index < -0.39 is 12.1 Å². The average Bonchev–Trinajstić information content (AvgIpc) is 2.66. The molecule has 2 rings (SSSR count). The van der Waals surface area contributed by atoms with Crippen LogP contribution >= 0.6 is 0 Å². The van der Waals surface area contributed by atoms with E-state index in [1.807, 2.05) is 0 Å². The predicted molar refractivity (Wildman–Crippen MR) is 59.8 cm³/mol. The van der Waals surface area contributed by atoms with Gasteiger partial charge in [-0.15, -0.1) is 0 Å². The van der Waals surface area contributed by atoms with E-state index in [-0.39, 0.29) is 5.95 Å². The van der Waals surface area contributed by atoms with Gasteiger partial charge in [0.1, 0.15) is 11.6 Å². The van der Waals surface area contributed by atoms with Crippen molar-refractivity contribution in [3.05, 3.63) is 6.33 Å². The number of anilines is 2. The molecule has 92 valence electrons. The molecular weight excluding hydrogens is 228 g/mol. The van der Waals surface area contributed by atoms with Gasteiger partial charge in [0.2, 0.25) is 5.95 Å². The second-order valence-electron chi connectivity index (χ2n) is 3.08. The number of aromatic nitrogens is 4. The number of nitrogens with zero attached hydrogens (tertiary/aromatic N) is 3. The van der Waals surface area contributed by atoms with Crippen LogP contribution in [0.15, 0.2) is 6.33 Å². The van der Waals surface area contributed by atoms with E-state index in [9.17, 15) is 4.79 Å². The van der Waals surface area contributed by atoms with Crippen molar-refractivity contribution in [2.24, 2.45) is 0 Å². The minimum Gasteiger partial charge on any atom is -0.479 e. The summed E-state index contributed by atoms with van der Waals surface area (Å²) in [6, 6.07) is 0. The number of hydrogen-bond acceptors (Lipinski definition) is 7. The van der Waals surface area contributed by atoms with Crippen molar-refractivity contribution in [3.8, 4) is 0 Å². The monoisotopic (exact) mass is 240 g/mol. The van der Waals surface area contributed by atoms with Gasteiger partial charge in [0.05, 0.1) is 6.33 Å². The second kappa shape index (κ2) is 5.07. The molecule has 0 amide bonds. The number of imidazole rings is 1. The lowest BCUT2D eigenvalue weighted by Gasteiger charge is -1.94. The summed E-state index contributed by atoms with van der Waals surface area (Å²) in [5, 5.41) is 15.8. The van der Waals surface area contributed by atoms with E-state index in [0.717, 1.165) is 0 Å². The third-order valence-corrected chi connectivity index (χ3v) is 1.69. The van der Waals surface area contributed by atoms with Gasteiger partial charge < -0.3 is 26.7 Å². The molecular formula is C8H12N6O3. The number of aromatic amines is 1. The van der Waals surface area contributed by atoms with E-state index in [0.29, 0.717) is 17.0 Å². The van der Waals surface area contributed by atoms with Crippen molar-refractivity contribution in [3.63, 3.8) is 0 Å². The number of hydrogen-bond donors (Lipinski definition) is 5. The average molecular weight is 240 g/mol. The van der Waals surface area contributed by atoms with Crippen LogP contribution < -0.4 is 11.5 Å². The van der Waals surface area contributed by atoms with Crippen LogP contribution in [0.25, 0.3) is 11.2 Å². The summed E-state index contributed by atoms with van der Waals surface area (Å²) in [5.74, 6) is -0.720. The molecule has 0 saturated heterocycles. The molecule has 0 bridgehead atoms. The molecule has 0 aliphatic heterocycles. The smallest absolute Gasteiger partial charge is 0.332 e. The van der Waals surface area contributed by atoms with E-state index in [4.69, 9.17) is 21.7 Å². The summed E-state index contributed by atoms with van der Waals surface area (Å²) in [6.45, 7) is 1.20. The normalized spacial score (nSPS) is 11.6. The number of H-pyrrole nitrogens is 1. The lowest BCUT2D eigenvalue weighted by Crippen LogP contribution is -2.13. The number of carboxylic acid groups (broad SMARTS) is 1. The Balaban J connectivity index is 0.000000209. The zero-order valence-electron chi connectivity index (χ0n) is 8.95. The van der Waals surface area contributed by atoms with Gasteiger partial charge in [-0.2, -0.15) is 9.97 Å². The van der Waals surface area contributed by atoms with Crippen LogP contribution in [0.2, 0.25) is 0 Å². The maximum atomic E-state index is 9.45. The third-order valence-electron chi connectivity index (χ3n) is 1.69. The molecule has 17 heavy (non-hydrogen) atoms. The van der Waals surface area contributed by atoms with E-state index >= 15 is 0 Å². The Kier molecular flexibility index (Phi) is 3.78. The highest BCUT2D eigenvalue weighted by Crippen LogP contribution is 2.12. The Labute approximate surface area is 95.5 Å². The summed E-state index contributed by atoms with van der Waals surface area (Å²) >= 11 is 0. The van der Waals surface area contributed by atoms with Crippen LogP contribution in [-0.2, 0) is 4.79 Å². The fourth-order valence-electron chi connectivity index (χ4n) is 0.873. The summed E-state index contributed by atoms with van der Waals surface area (Å²) in [7, 11) is 0. The Morgan fingerprint density at radius 2 is 2.06 bits per heavy atom. The topological polar surface area (TPSA) is 164 Å². The molecule has 2 aromatic rings. The maximum absolute atomic E-state index is 9.45. The van der Waals surface area contributed by atoms with Gasteiger partial charge in [0, 0.05) is 0 Å². The zero-order valence-corrected chi connectivity index (χ0v) is 8.95. The molecule has 0 aliphatic carbocycles. The largest absolute Gasteiger partial charge is 0.479 e. The highest BCUT2D eigenvalue weighted by molar-refractivity contribution is 5.81. The predicted octanol–water partition coefficient (Wildman–Crippen LogP) is -1.03. The number of nitrogens with one attached hydrogen (secondary N) is 1. The van der Waals surface area contributed by atoms with Crippen molar-refractivity contribution in [2.75, 3.05) is 11.5 Å². The summed E-state index contributed by atoms with van der Waals surface area (Å²) in [4.78, 5) is 23.7. The number of aliphatic hydroxyl groups is 1. The Bertz CT molecular complexity index is 523. The number of aliphatic hydroxyl groups excluding tert-OH is 1. The first-order valence-corrected chi connectivity index (χ1v) is 4.54. The quantitative estimate of drug-likeness (QED) is 0.422. The first kappa shape index (κ1) is 12.6. The van der Waals surface area contributed by atoms with Crippen LogP contribution in [0.4, 0.5) is 11.8 Å². The molecule has 0 radical (unpaired) electrons. The molecule has 1 unspecified atom stereocenters. The fraction of sp³-hybridized carbons (Fsp3) is 0.250. The molecule has 0 spiro atoms. The summed E-state index contributed by atoms with van der Waals surface area (Å²) in [6.07, 6.45) is 0.264. The number of carbonyl (C=O) groups is 1. The molecule has 0 aromatic carbocycles. The molecule has 2 aromatic heterocycles. The second-order valence-corrected chi connectivity index (χ2v) is 3.08. The number of carboxylic acids is 1. The SMILES string of the molecule is CC(O)C(=O)O.Nc1nc(N)c2[nH]cnc2n1. The summed E-state index contributed by atoms with van der Waals surface area (Å²) < 4.78 is 0. The van der Waals surface area contributed by atoms with Crippen LogP contribution in [0.5, 0.6) is 0 Å². The van der Waals surface area contributed by atoms with Crippen LogP contribution in [0.1, 0.15) is 6.92 Å². The highest BCUT2D eigenvalue weighted by Gasteiger charge is 2.03. The lowest BCUT2D eigenvalue weighted by atomic mass is 10.4. The number of fused-ring (bicyclic) bond motifs is 1. The number of aliphatic carboxylic acids is 1. The van der Waals surface area contributed by atoms with E-state index in [2.05, 4.69) is 19.9 Å². The Morgan fingerprint density at radius 3 is 2.59 bits per heavy atom. The van der Waals surface area contributed by atoms with Crippen molar-refractivity contribution >= 4 is 28.9 Å². The van der Waals surface area contributed by atoms with Gasteiger partial charge in [-0.05, 0) is 6.92 Å². The molecule has 7 N–H and O–H groups in total. The van der Waals surface area contributed by atoms with Crippen molar-refractivity contribution in [1.82, 2.24) is 19.9 Å². The standard InChI is InChI=1S/C5H6N6.C3H6O3/c6-3-2-4(9-1-8-2)11-5(7)10-3;1-2(4)3(5)6/h1H,(H5,6,7,8,9,10,11);2,4H,1H3,(H,5,6). The van der Waals surface area contributed by atoms with Gasteiger partial charge in [0.25, 0.3) is 0 Å². The highest BCUT2D eigenvalue weighted by atomic mass is 16.4. The van der Waals surface area contributed by atoms with Crippen molar-refractivity contribution in [2.45, 2.75) is 13.0 Å². The third kappa shape index (κ3) is 3.28. The minimum absolute atomic E-state index is 0.141. The molecule has 9 nitrogen and oxygen atoms in total. The van der Waals surface area contributed by atoms with Crippen LogP contribution in [-0.4, -0.2) is 42.2 Å². The molecule has 1 atom stereocenters. The van der Waals surface area contributed by atoms with Gasteiger partial charge in [0.15, 0.2) is 11.5 Å². The first-order chi connectivity index (χ1) is 7.91. The summed E-state index contributed by atoms with van der Waals surface area (Å²) in [5.41, 5.74) is 11.9. The van der Waals surface area contributed by atoms with Crippen molar-refractivity contribution < 1.29 is 15.0 Å². The lowest BCUT2D eigenvalue weighted by molar-refractivity contribution is -0.145. The number of nitrogen functional groups attached to an aromatic ring is 2. The molecule has 0 aliphatic rings. The van der Waals surface area contributed by atoms with Crippen molar-refractivity contribution in [1.29, 1.82) is 0 Å². The minimum atomic E-state index is -1.23. The van der Waals surface area contributed by atoms with E-state index in [1.165, 1.54) is 13.3 Å². The van der Waals surface area contributed by atoms with Crippen LogP contribution in [0, 0.1) is 0 Å². The Hall–Kier alpha value is -2.42. The molecule has 9 heteroatoms. The molecule has 0 saturated carbocycles. The number of nitrogens with two attached hydrogens (primary N) is 2. The zero-order chi connectivity index (χ0) is 13.0. The van der Waals surface area contributed by atoms with Gasteiger partial charge in [-0.3, -0.25) is 0 Å². The van der Waals surface area contributed by atoms with Crippen LogP contribution in [0.3, 0.4) is 0 Å². The van der Waals surface area contributed by atoms with Gasteiger partial charge >= 0.3 is 5.97 Å². The molecule has 2 heterocycles. The maximum Gasteiger partial charge on any atom is 0.332 e.